The van der Waals surface area contributed by atoms with E-state index in [1.807, 2.05) is 6.92 Å². The summed E-state index contributed by atoms with van der Waals surface area (Å²) in [5.41, 5.74) is 0. The quantitative estimate of drug-likeness (QED) is 0.619. The van der Waals surface area contributed by atoms with Gasteiger partial charge in [0.25, 0.3) is 0 Å². The minimum atomic E-state index is 0.122. The van der Waals surface area contributed by atoms with Crippen molar-refractivity contribution in [3.63, 3.8) is 0 Å². The predicted molar refractivity (Wildman–Crippen MR) is 37.3 cm³/mol. The molecule has 0 heterocycles. The molecule has 2 nitrogen and oxygen atoms in total. The van der Waals surface area contributed by atoms with E-state index >= 15 is 0 Å². The lowest BCUT2D eigenvalue weighted by molar-refractivity contribution is 0.0144. The minimum Gasteiger partial charge on any atom is -0.394 e. The second-order valence-electron chi connectivity index (χ2n) is 2.54. The fraction of sp³-hybridized carbons (Fsp3) is 1.00. The summed E-state index contributed by atoms with van der Waals surface area (Å²) in [6.07, 6.45) is 0.261. The van der Waals surface area contributed by atoms with Crippen molar-refractivity contribution in [2.75, 3.05) is 13.2 Å². The Hall–Kier alpha value is -0.0800. The molecule has 0 saturated heterocycles. The molecule has 1 atom stereocenters. The zero-order valence-corrected chi connectivity index (χ0v) is 6.42. The summed E-state index contributed by atoms with van der Waals surface area (Å²) in [7, 11) is 0. The van der Waals surface area contributed by atoms with E-state index in [0.717, 1.165) is 0 Å². The van der Waals surface area contributed by atoms with E-state index < -0.39 is 0 Å². The monoisotopic (exact) mass is 132 g/mol. The van der Waals surface area contributed by atoms with Crippen LogP contribution in [0.5, 0.6) is 0 Å². The molecule has 0 fully saturated rings. The largest absolute Gasteiger partial charge is 0.394 e. The van der Waals surface area contributed by atoms with E-state index in [-0.39, 0.29) is 12.7 Å². The van der Waals surface area contributed by atoms with Gasteiger partial charge in [-0.1, -0.05) is 13.8 Å². The van der Waals surface area contributed by atoms with Crippen LogP contribution in [0.25, 0.3) is 0 Å². The summed E-state index contributed by atoms with van der Waals surface area (Å²) in [6, 6.07) is 0. The first-order chi connectivity index (χ1) is 4.18. The fourth-order valence-electron chi connectivity index (χ4n) is 0.431. The summed E-state index contributed by atoms with van der Waals surface area (Å²) in [4.78, 5) is 0. The highest BCUT2D eigenvalue weighted by atomic mass is 16.5. The maximum Gasteiger partial charge on any atom is 0.0701 e. The van der Waals surface area contributed by atoms with Gasteiger partial charge < -0.3 is 9.84 Å². The highest BCUT2D eigenvalue weighted by Gasteiger charge is 2.04. The molecule has 1 N–H and O–H groups in total. The Kier molecular flexibility index (Phi) is 4.72. The lowest BCUT2D eigenvalue weighted by Gasteiger charge is -2.14. The zero-order chi connectivity index (χ0) is 7.28. The molecule has 0 aromatic rings. The Morgan fingerprint density at radius 1 is 1.33 bits per heavy atom. The van der Waals surface area contributed by atoms with Crippen molar-refractivity contribution < 1.29 is 9.84 Å². The second kappa shape index (κ2) is 4.77. The van der Waals surface area contributed by atoms with Gasteiger partial charge in [0.1, 0.15) is 0 Å². The molecule has 0 bridgehead atoms. The maximum absolute atomic E-state index is 8.37. The molecule has 1 unspecified atom stereocenters. The van der Waals surface area contributed by atoms with Crippen LogP contribution >= 0.6 is 0 Å². The summed E-state index contributed by atoms with van der Waals surface area (Å²) in [5.74, 6) is 0.538. The summed E-state index contributed by atoms with van der Waals surface area (Å²) < 4.78 is 5.20. The van der Waals surface area contributed by atoms with Crippen molar-refractivity contribution in [1.29, 1.82) is 0 Å². The smallest absolute Gasteiger partial charge is 0.0701 e. The van der Waals surface area contributed by atoms with E-state index in [1.54, 1.807) is 0 Å². The maximum atomic E-state index is 8.37. The van der Waals surface area contributed by atoms with Crippen molar-refractivity contribution in [2.45, 2.75) is 26.9 Å². The fourth-order valence-corrected chi connectivity index (χ4v) is 0.431. The van der Waals surface area contributed by atoms with Gasteiger partial charge in [-0.3, -0.25) is 0 Å². The first kappa shape index (κ1) is 8.92. The van der Waals surface area contributed by atoms with Crippen molar-refractivity contribution in [1.82, 2.24) is 0 Å². The van der Waals surface area contributed by atoms with E-state index in [0.29, 0.717) is 12.5 Å². The second-order valence-corrected chi connectivity index (χ2v) is 2.54. The molecule has 9 heavy (non-hydrogen) atoms. The van der Waals surface area contributed by atoms with Crippen molar-refractivity contribution >= 4 is 0 Å². The highest BCUT2D eigenvalue weighted by Crippen LogP contribution is 2.03. The lowest BCUT2D eigenvalue weighted by atomic mass is 10.1. The molecule has 0 radical (unpaired) electrons. The van der Waals surface area contributed by atoms with Crippen molar-refractivity contribution in [2.24, 2.45) is 5.92 Å². The number of ether oxygens (including phenoxy) is 1. The molecule has 0 saturated carbocycles. The normalized spacial score (nSPS) is 14.3. The van der Waals surface area contributed by atoms with Crippen LogP contribution < -0.4 is 0 Å². The van der Waals surface area contributed by atoms with Gasteiger partial charge in [-0.2, -0.15) is 0 Å². The molecule has 2 heteroatoms. The van der Waals surface area contributed by atoms with Crippen LogP contribution in [-0.2, 0) is 4.74 Å². The number of hydrogen-bond donors (Lipinski definition) is 1. The van der Waals surface area contributed by atoms with Gasteiger partial charge in [-0.05, 0) is 12.8 Å². The van der Waals surface area contributed by atoms with Gasteiger partial charge in [-0.15, -0.1) is 0 Å². The number of hydrogen-bond acceptors (Lipinski definition) is 2. The number of aliphatic hydroxyl groups is 1. The predicted octanol–water partition coefficient (Wildman–Crippen LogP) is 1.04. The van der Waals surface area contributed by atoms with Crippen LogP contribution in [0.3, 0.4) is 0 Å². The molecule has 0 spiro atoms. The van der Waals surface area contributed by atoms with Crippen LogP contribution in [0, 0.1) is 5.92 Å². The third-order valence-electron chi connectivity index (χ3n) is 1.41. The molecule has 0 aromatic heterocycles. The standard InChI is InChI=1S/C7H16O2/c1-6(2)7(3)9-5-4-8/h6-8H,4-5H2,1-3H3. The molecule has 0 rings (SSSR count). The molecule has 0 aromatic carbocycles. The van der Waals surface area contributed by atoms with Gasteiger partial charge >= 0.3 is 0 Å². The Bertz CT molecular complexity index is 61.9. The molecule has 0 aliphatic rings. The van der Waals surface area contributed by atoms with E-state index in [9.17, 15) is 0 Å². The Balaban J connectivity index is 3.16. The molecule has 56 valence electrons. The number of aliphatic hydroxyl groups excluding tert-OH is 1. The van der Waals surface area contributed by atoms with Gasteiger partial charge in [0, 0.05) is 0 Å². The van der Waals surface area contributed by atoms with E-state index in [4.69, 9.17) is 9.84 Å². The zero-order valence-electron chi connectivity index (χ0n) is 6.42. The molecule has 0 aliphatic carbocycles. The lowest BCUT2D eigenvalue weighted by Crippen LogP contribution is -2.17. The Labute approximate surface area is 56.8 Å². The molecular formula is C7H16O2. The van der Waals surface area contributed by atoms with Crippen molar-refractivity contribution in [3.8, 4) is 0 Å². The van der Waals surface area contributed by atoms with Crippen LogP contribution in [0.1, 0.15) is 20.8 Å². The molecular weight excluding hydrogens is 116 g/mol. The van der Waals surface area contributed by atoms with Crippen LogP contribution in [0.4, 0.5) is 0 Å². The molecule has 0 aliphatic heterocycles. The van der Waals surface area contributed by atoms with Gasteiger partial charge in [0.05, 0.1) is 19.3 Å². The minimum absolute atomic E-state index is 0.122. The average molecular weight is 132 g/mol. The van der Waals surface area contributed by atoms with Gasteiger partial charge in [-0.25, -0.2) is 0 Å². The van der Waals surface area contributed by atoms with Crippen molar-refractivity contribution in [3.05, 3.63) is 0 Å². The first-order valence-electron chi connectivity index (χ1n) is 3.41. The summed E-state index contributed by atoms with van der Waals surface area (Å²) in [5, 5.41) is 8.37. The summed E-state index contributed by atoms with van der Waals surface area (Å²) in [6.45, 7) is 6.79. The summed E-state index contributed by atoms with van der Waals surface area (Å²) >= 11 is 0. The Morgan fingerprint density at radius 3 is 2.22 bits per heavy atom. The van der Waals surface area contributed by atoms with E-state index in [2.05, 4.69) is 13.8 Å². The highest BCUT2D eigenvalue weighted by molar-refractivity contribution is 4.53. The first-order valence-corrected chi connectivity index (χ1v) is 3.41. The van der Waals surface area contributed by atoms with Gasteiger partial charge in [0.15, 0.2) is 0 Å². The van der Waals surface area contributed by atoms with Crippen LogP contribution in [-0.4, -0.2) is 24.4 Å². The SMILES string of the molecule is CC(C)C(C)OCCO. The average Bonchev–Trinajstić information content (AvgIpc) is 1.82. The Morgan fingerprint density at radius 2 is 1.89 bits per heavy atom. The van der Waals surface area contributed by atoms with Crippen LogP contribution in [0.2, 0.25) is 0 Å². The molecule has 0 amide bonds. The number of rotatable bonds is 4. The third kappa shape index (κ3) is 4.43. The van der Waals surface area contributed by atoms with Gasteiger partial charge in [0.2, 0.25) is 0 Å². The third-order valence-corrected chi connectivity index (χ3v) is 1.41. The van der Waals surface area contributed by atoms with E-state index in [1.165, 1.54) is 0 Å². The topological polar surface area (TPSA) is 29.5 Å². The van der Waals surface area contributed by atoms with Crippen LogP contribution in [0.15, 0.2) is 0 Å².